The molecule has 3 nitrogen and oxygen atoms in total. The van der Waals surface area contributed by atoms with Crippen LogP contribution in [-0.2, 0) is 19.4 Å². The molecule has 4 aromatic carbocycles. The van der Waals surface area contributed by atoms with Gasteiger partial charge in [-0.05, 0) is 81.2 Å². The second-order valence-electron chi connectivity index (χ2n) is 11.2. The summed E-state index contributed by atoms with van der Waals surface area (Å²) in [5, 5.41) is 5.08. The summed E-state index contributed by atoms with van der Waals surface area (Å²) >= 11 is 0. The van der Waals surface area contributed by atoms with Crippen LogP contribution in [0, 0.1) is 0 Å². The summed E-state index contributed by atoms with van der Waals surface area (Å²) in [7, 11) is 4.16. The van der Waals surface area contributed by atoms with E-state index in [1.807, 2.05) is 6.20 Å². The Kier molecular flexibility index (Phi) is 6.36. The molecule has 1 aliphatic heterocycles. The molecule has 0 amide bonds. The minimum atomic E-state index is 0.960. The average molecular weight is 533 g/mol. The molecule has 6 aromatic rings. The molecule has 0 bridgehead atoms. The summed E-state index contributed by atoms with van der Waals surface area (Å²) in [6, 6.07) is 33.3. The predicted octanol–water partition coefficient (Wildman–Crippen LogP) is 8.36. The second-order valence-corrected chi connectivity index (χ2v) is 11.2. The summed E-state index contributed by atoms with van der Waals surface area (Å²) in [4.78, 5) is 7.09. The molecule has 0 unspecified atom stereocenters. The van der Waals surface area contributed by atoms with Crippen LogP contribution in [0.2, 0.25) is 0 Å². The SMILES string of the molecule is CCc1ccc2c(c1-c1cc(/C=C/c3ccc4cc(N(C)C)ccc4c3)ccn1)-c1c3ccccc3cc[n+]1CC2. The number of hydrogen-bond donors (Lipinski definition) is 0. The van der Waals surface area contributed by atoms with E-state index in [0.29, 0.717) is 0 Å². The van der Waals surface area contributed by atoms with Gasteiger partial charge in [-0.2, -0.15) is 4.57 Å². The summed E-state index contributed by atoms with van der Waals surface area (Å²) in [6.07, 6.45) is 10.6. The predicted molar refractivity (Wildman–Crippen MR) is 173 cm³/mol. The summed E-state index contributed by atoms with van der Waals surface area (Å²) in [5.74, 6) is 0. The number of anilines is 1. The number of benzene rings is 4. The smallest absolute Gasteiger partial charge is 0.221 e. The number of aromatic nitrogens is 2. The Morgan fingerprint density at radius 1 is 0.780 bits per heavy atom. The van der Waals surface area contributed by atoms with Crippen LogP contribution in [0.4, 0.5) is 5.69 Å². The maximum atomic E-state index is 4.95. The molecule has 200 valence electrons. The fourth-order valence-corrected chi connectivity index (χ4v) is 6.23. The van der Waals surface area contributed by atoms with Gasteiger partial charge in [0.25, 0.3) is 0 Å². The normalized spacial score (nSPS) is 12.6. The van der Waals surface area contributed by atoms with E-state index in [2.05, 4.69) is 140 Å². The molecule has 0 saturated carbocycles. The number of hydrogen-bond acceptors (Lipinski definition) is 2. The van der Waals surface area contributed by atoms with E-state index < -0.39 is 0 Å². The molecule has 0 N–H and O–H groups in total. The molecule has 2 aromatic heterocycles. The third-order valence-electron chi connectivity index (χ3n) is 8.43. The van der Waals surface area contributed by atoms with Crippen molar-refractivity contribution in [3.05, 3.63) is 126 Å². The number of aryl methyl sites for hydroxylation is 3. The third kappa shape index (κ3) is 4.58. The standard InChI is InChI=1S/C38H34N3/c1-4-28-13-14-30-19-22-41-21-18-29-7-5-6-8-34(29)38(41)37(30)36(28)35-24-27(17-20-39-35)10-9-26-11-12-32-25-33(40(2)3)16-15-31(32)23-26/h5-18,20-21,23-25H,4,19,22H2,1-3H3/q+1/b10-9+. The number of fused-ring (bicyclic) bond motifs is 6. The van der Waals surface area contributed by atoms with Crippen LogP contribution < -0.4 is 9.47 Å². The second kappa shape index (κ2) is 10.3. The Morgan fingerprint density at radius 2 is 1.59 bits per heavy atom. The minimum Gasteiger partial charge on any atom is -0.378 e. The van der Waals surface area contributed by atoms with Crippen LogP contribution >= 0.6 is 0 Å². The molecule has 7 rings (SSSR count). The minimum absolute atomic E-state index is 0.960. The Balaban J connectivity index is 1.31. The molecule has 0 fully saturated rings. The molecular weight excluding hydrogens is 498 g/mol. The highest BCUT2D eigenvalue weighted by Crippen LogP contribution is 2.40. The fourth-order valence-electron chi connectivity index (χ4n) is 6.23. The van der Waals surface area contributed by atoms with Gasteiger partial charge in [-0.1, -0.05) is 67.6 Å². The molecule has 3 heteroatoms. The van der Waals surface area contributed by atoms with Crippen molar-refractivity contribution in [3.63, 3.8) is 0 Å². The number of rotatable bonds is 5. The largest absolute Gasteiger partial charge is 0.378 e. The van der Waals surface area contributed by atoms with Crippen LogP contribution in [0.1, 0.15) is 29.2 Å². The van der Waals surface area contributed by atoms with E-state index in [4.69, 9.17) is 4.98 Å². The van der Waals surface area contributed by atoms with Crippen molar-refractivity contribution in [3.8, 4) is 22.5 Å². The van der Waals surface area contributed by atoms with Crippen molar-refractivity contribution in [1.82, 2.24) is 4.98 Å². The van der Waals surface area contributed by atoms with Crippen LogP contribution in [0.15, 0.2) is 103 Å². The lowest BCUT2D eigenvalue weighted by atomic mass is 9.85. The zero-order chi connectivity index (χ0) is 27.9. The van der Waals surface area contributed by atoms with Gasteiger partial charge in [0, 0.05) is 44.0 Å². The quantitative estimate of drug-likeness (QED) is 0.208. The van der Waals surface area contributed by atoms with Crippen molar-refractivity contribution in [2.75, 3.05) is 19.0 Å². The zero-order valence-electron chi connectivity index (χ0n) is 23.9. The number of nitrogens with zero attached hydrogens (tertiary/aromatic N) is 3. The lowest BCUT2D eigenvalue weighted by molar-refractivity contribution is -0.686. The molecule has 3 heterocycles. The summed E-state index contributed by atoms with van der Waals surface area (Å²) in [6.45, 7) is 3.24. The van der Waals surface area contributed by atoms with Gasteiger partial charge in [0.15, 0.2) is 12.7 Å². The van der Waals surface area contributed by atoms with Crippen molar-refractivity contribution >= 4 is 39.4 Å². The highest BCUT2D eigenvalue weighted by molar-refractivity contribution is 5.99. The first kappa shape index (κ1) is 25.2. The van der Waals surface area contributed by atoms with Gasteiger partial charge in [-0.15, -0.1) is 0 Å². The molecule has 0 aliphatic carbocycles. The molecular formula is C38H34N3+. The van der Waals surface area contributed by atoms with E-state index in [1.54, 1.807) is 0 Å². The Hall–Kier alpha value is -4.76. The van der Waals surface area contributed by atoms with Gasteiger partial charge in [-0.25, -0.2) is 0 Å². The van der Waals surface area contributed by atoms with E-state index >= 15 is 0 Å². The number of pyridine rings is 2. The molecule has 0 saturated heterocycles. The monoisotopic (exact) mass is 532 g/mol. The van der Waals surface area contributed by atoms with Gasteiger partial charge in [-0.3, -0.25) is 4.98 Å². The maximum absolute atomic E-state index is 4.95. The van der Waals surface area contributed by atoms with Gasteiger partial charge in [0.1, 0.15) is 0 Å². The van der Waals surface area contributed by atoms with Crippen molar-refractivity contribution < 1.29 is 4.57 Å². The fraction of sp³-hybridized carbons (Fsp3) is 0.158. The van der Waals surface area contributed by atoms with Crippen LogP contribution in [-0.4, -0.2) is 19.1 Å². The Bertz CT molecular complexity index is 1970. The van der Waals surface area contributed by atoms with Gasteiger partial charge >= 0.3 is 0 Å². The first-order valence-corrected chi connectivity index (χ1v) is 14.5. The summed E-state index contributed by atoms with van der Waals surface area (Å²) < 4.78 is 2.43. The van der Waals surface area contributed by atoms with E-state index in [-0.39, 0.29) is 0 Å². The maximum Gasteiger partial charge on any atom is 0.221 e. The van der Waals surface area contributed by atoms with Crippen LogP contribution in [0.5, 0.6) is 0 Å². The molecule has 0 radical (unpaired) electrons. The highest BCUT2D eigenvalue weighted by atomic mass is 15.1. The van der Waals surface area contributed by atoms with Gasteiger partial charge < -0.3 is 4.90 Å². The summed E-state index contributed by atoms with van der Waals surface area (Å²) in [5.41, 5.74) is 11.3. The lowest BCUT2D eigenvalue weighted by Gasteiger charge is -2.22. The first-order valence-electron chi connectivity index (χ1n) is 14.5. The molecule has 0 atom stereocenters. The Morgan fingerprint density at radius 3 is 2.44 bits per heavy atom. The lowest BCUT2D eigenvalue weighted by Crippen LogP contribution is -2.40. The molecule has 0 spiro atoms. The van der Waals surface area contributed by atoms with Crippen molar-refractivity contribution in [2.24, 2.45) is 0 Å². The van der Waals surface area contributed by atoms with Gasteiger partial charge in [0.2, 0.25) is 5.69 Å². The van der Waals surface area contributed by atoms with Crippen LogP contribution in [0.25, 0.3) is 56.2 Å². The molecule has 1 aliphatic rings. The topological polar surface area (TPSA) is 20.0 Å². The Labute approximate surface area is 242 Å². The zero-order valence-corrected chi connectivity index (χ0v) is 23.9. The van der Waals surface area contributed by atoms with Crippen molar-refractivity contribution in [1.29, 1.82) is 0 Å². The molecule has 41 heavy (non-hydrogen) atoms. The van der Waals surface area contributed by atoms with Crippen LogP contribution in [0.3, 0.4) is 0 Å². The van der Waals surface area contributed by atoms with E-state index in [1.165, 1.54) is 60.7 Å². The average Bonchev–Trinajstić information content (AvgIpc) is 3.02. The third-order valence-corrected chi connectivity index (χ3v) is 8.43. The highest BCUT2D eigenvalue weighted by Gasteiger charge is 2.30. The first-order chi connectivity index (χ1) is 20.1. The van der Waals surface area contributed by atoms with E-state index in [0.717, 1.165) is 30.6 Å². The van der Waals surface area contributed by atoms with Gasteiger partial charge in [0.05, 0.1) is 16.6 Å². The van der Waals surface area contributed by atoms with Crippen molar-refractivity contribution in [2.45, 2.75) is 26.3 Å². The van der Waals surface area contributed by atoms with E-state index in [9.17, 15) is 0 Å².